The van der Waals surface area contributed by atoms with Crippen molar-refractivity contribution in [1.82, 2.24) is 10.2 Å². The molecule has 0 saturated carbocycles. The van der Waals surface area contributed by atoms with Crippen molar-refractivity contribution in [1.29, 1.82) is 0 Å². The second-order valence-electron chi connectivity index (χ2n) is 6.66. The number of benzene rings is 1. The van der Waals surface area contributed by atoms with Crippen LogP contribution in [0.4, 0.5) is 0 Å². The Labute approximate surface area is 128 Å². The van der Waals surface area contributed by atoms with Crippen LogP contribution in [-0.2, 0) is 0 Å². The summed E-state index contributed by atoms with van der Waals surface area (Å²) < 4.78 is 0. The average Bonchev–Trinajstić information content (AvgIpc) is 2.41. The Hall–Kier alpha value is -0.510. The first-order valence-electron chi connectivity index (χ1n) is 7.53. The third kappa shape index (κ3) is 4.00. The van der Waals surface area contributed by atoms with E-state index in [0.717, 1.165) is 6.54 Å². The lowest BCUT2D eigenvalue weighted by molar-refractivity contribution is 0.216. The predicted molar refractivity (Wildman–Crippen MR) is 90.4 cm³/mol. The van der Waals surface area contributed by atoms with Gasteiger partial charge in [-0.15, -0.1) is 0 Å². The smallest absolute Gasteiger partial charge is 0.0466 e. The predicted octanol–water partition coefficient (Wildman–Crippen LogP) is 3.41. The normalized spacial score (nSPS) is 23.8. The lowest BCUT2D eigenvalue weighted by Crippen LogP contribution is -2.48. The monoisotopic (exact) mass is 292 g/mol. The minimum atomic E-state index is 0.415. The maximum Gasteiger partial charge on any atom is 0.0466 e. The molecule has 0 aliphatic carbocycles. The quantitative estimate of drug-likeness (QED) is 0.895. The van der Waals surface area contributed by atoms with Crippen LogP contribution < -0.4 is 5.32 Å². The minimum absolute atomic E-state index is 0.415. The molecule has 0 bridgehead atoms. The first-order valence-corrected chi connectivity index (χ1v) is 8.68. The second-order valence-corrected chi connectivity index (χ2v) is 7.81. The molecule has 1 saturated heterocycles. The van der Waals surface area contributed by atoms with E-state index in [1.54, 1.807) is 0 Å². The summed E-state index contributed by atoms with van der Waals surface area (Å²) >= 11 is 2.09. The molecule has 2 atom stereocenters. The molecular formula is C17H28N2S. The van der Waals surface area contributed by atoms with Crippen LogP contribution in [0.25, 0.3) is 0 Å². The molecule has 20 heavy (non-hydrogen) atoms. The largest absolute Gasteiger partial charge is 0.311 e. The fourth-order valence-electron chi connectivity index (χ4n) is 2.80. The van der Waals surface area contributed by atoms with Gasteiger partial charge >= 0.3 is 0 Å². The van der Waals surface area contributed by atoms with Crippen LogP contribution in [0.3, 0.4) is 0 Å². The number of thioether (sulfide) groups is 1. The van der Waals surface area contributed by atoms with Gasteiger partial charge in [0.05, 0.1) is 0 Å². The number of hydrogen-bond donors (Lipinski definition) is 1. The third-order valence-corrected chi connectivity index (χ3v) is 5.55. The van der Waals surface area contributed by atoms with Crippen LogP contribution in [0, 0.1) is 5.41 Å². The van der Waals surface area contributed by atoms with E-state index in [1.807, 2.05) is 0 Å². The number of likely N-dealkylation sites (N-methyl/N-ethyl adjacent to an activating group) is 1. The van der Waals surface area contributed by atoms with Gasteiger partial charge in [-0.3, -0.25) is 0 Å². The van der Waals surface area contributed by atoms with Gasteiger partial charge in [-0.05, 0) is 37.2 Å². The van der Waals surface area contributed by atoms with Crippen LogP contribution >= 0.6 is 11.8 Å². The molecule has 1 fully saturated rings. The molecule has 2 nitrogen and oxygen atoms in total. The van der Waals surface area contributed by atoms with E-state index in [0.29, 0.717) is 17.5 Å². The zero-order chi connectivity index (χ0) is 14.6. The average molecular weight is 292 g/mol. The van der Waals surface area contributed by atoms with Crippen LogP contribution in [0.1, 0.15) is 31.9 Å². The molecule has 0 aromatic heterocycles. The van der Waals surface area contributed by atoms with Crippen molar-refractivity contribution in [2.75, 3.05) is 32.1 Å². The van der Waals surface area contributed by atoms with E-state index in [9.17, 15) is 0 Å². The van der Waals surface area contributed by atoms with Crippen LogP contribution in [-0.4, -0.2) is 43.1 Å². The molecule has 1 aliphatic heterocycles. The topological polar surface area (TPSA) is 15.3 Å². The Bertz CT molecular complexity index is 403. The molecule has 1 N–H and O–H groups in total. The van der Waals surface area contributed by atoms with Crippen molar-refractivity contribution in [3.8, 4) is 0 Å². The summed E-state index contributed by atoms with van der Waals surface area (Å²) in [5.41, 5.74) is 1.81. The third-order valence-electron chi connectivity index (χ3n) is 4.48. The van der Waals surface area contributed by atoms with E-state index in [4.69, 9.17) is 0 Å². The van der Waals surface area contributed by atoms with Gasteiger partial charge in [-0.1, -0.05) is 44.2 Å². The van der Waals surface area contributed by atoms with Gasteiger partial charge in [0.1, 0.15) is 0 Å². The van der Waals surface area contributed by atoms with E-state index >= 15 is 0 Å². The van der Waals surface area contributed by atoms with Gasteiger partial charge in [0, 0.05) is 24.4 Å². The molecule has 1 heterocycles. The highest BCUT2D eigenvalue weighted by Gasteiger charge is 2.32. The summed E-state index contributed by atoms with van der Waals surface area (Å²) in [5, 5.41) is 3.83. The molecule has 0 amide bonds. The van der Waals surface area contributed by atoms with Crippen LogP contribution in [0.5, 0.6) is 0 Å². The Kier molecular flexibility index (Phi) is 5.53. The van der Waals surface area contributed by atoms with E-state index in [1.165, 1.54) is 23.5 Å². The molecule has 1 aromatic carbocycles. The Morgan fingerprint density at radius 1 is 1.30 bits per heavy atom. The summed E-state index contributed by atoms with van der Waals surface area (Å²) in [5.74, 6) is 2.54. The SMILES string of the molecule is CN(C)C(CNC1CSCCC1(C)C)c1ccccc1. The summed E-state index contributed by atoms with van der Waals surface area (Å²) in [6, 6.07) is 11.9. The van der Waals surface area contributed by atoms with Crippen molar-refractivity contribution in [2.45, 2.75) is 32.4 Å². The number of rotatable bonds is 5. The Morgan fingerprint density at radius 3 is 2.60 bits per heavy atom. The van der Waals surface area contributed by atoms with Gasteiger partial charge in [-0.2, -0.15) is 11.8 Å². The zero-order valence-electron chi connectivity index (χ0n) is 13.2. The molecule has 112 valence electrons. The Balaban J connectivity index is 1.99. The molecule has 1 aromatic rings. The standard InChI is InChI=1S/C17H28N2S/c1-17(2)10-11-20-13-16(17)18-12-15(19(3)4)14-8-6-5-7-9-14/h5-9,15-16,18H,10-13H2,1-4H3. The van der Waals surface area contributed by atoms with E-state index < -0.39 is 0 Å². The van der Waals surface area contributed by atoms with Crippen molar-refractivity contribution in [3.63, 3.8) is 0 Å². The van der Waals surface area contributed by atoms with Gasteiger partial charge in [0.2, 0.25) is 0 Å². The van der Waals surface area contributed by atoms with Crippen molar-refractivity contribution in [2.24, 2.45) is 5.41 Å². The number of nitrogens with zero attached hydrogens (tertiary/aromatic N) is 1. The summed E-state index contributed by atoms with van der Waals surface area (Å²) in [6.07, 6.45) is 1.31. The first-order chi connectivity index (χ1) is 9.50. The van der Waals surface area contributed by atoms with Crippen molar-refractivity contribution in [3.05, 3.63) is 35.9 Å². The fourth-order valence-corrected chi connectivity index (χ4v) is 4.44. The minimum Gasteiger partial charge on any atom is -0.311 e. The van der Waals surface area contributed by atoms with Gasteiger partial charge in [0.25, 0.3) is 0 Å². The van der Waals surface area contributed by atoms with Crippen molar-refractivity contribution >= 4 is 11.8 Å². The highest BCUT2D eigenvalue weighted by atomic mass is 32.2. The highest BCUT2D eigenvalue weighted by Crippen LogP contribution is 2.34. The molecule has 0 radical (unpaired) electrons. The number of nitrogens with one attached hydrogen (secondary N) is 1. The molecule has 2 unspecified atom stereocenters. The molecular weight excluding hydrogens is 264 g/mol. The molecule has 1 aliphatic rings. The Morgan fingerprint density at radius 2 is 2.00 bits per heavy atom. The summed E-state index contributed by atoms with van der Waals surface area (Å²) in [4.78, 5) is 2.31. The van der Waals surface area contributed by atoms with E-state index in [2.05, 4.69) is 80.3 Å². The molecule has 2 rings (SSSR count). The zero-order valence-corrected chi connectivity index (χ0v) is 14.0. The summed E-state index contributed by atoms with van der Waals surface area (Å²) in [6.45, 7) is 5.82. The second kappa shape index (κ2) is 6.97. The van der Waals surface area contributed by atoms with Gasteiger partial charge in [0.15, 0.2) is 0 Å². The first kappa shape index (κ1) is 15.9. The van der Waals surface area contributed by atoms with Gasteiger partial charge in [-0.25, -0.2) is 0 Å². The lowest BCUT2D eigenvalue weighted by atomic mass is 9.82. The van der Waals surface area contributed by atoms with E-state index in [-0.39, 0.29) is 0 Å². The van der Waals surface area contributed by atoms with Gasteiger partial charge < -0.3 is 10.2 Å². The summed E-state index contributed by atoms with van der Waals surface area (Å²) in [7, 11) is 4.33. The fraction of sp³-hybridized carbons (Fsp3) is 0.647. The maximum absolute atomic E-state index is 3.83. The molecule has 0 spiro atoms. The highest BCUT2D eigenvalue weighted by molar-refractivity contribution is 7.99. The maximum atomic E-state index is 3.83. The lowest BCUT2D eigenvalue weighted by Gasteiger charge is -2.40. The van der Waals surface area contributed by atoms with Crippen LogP contribution in [0.15, 0.2) is 30.3 Å². The van der Waals surface area contributed by atoms with Crippen LogP contribution in [0.2, 0.25) is 0 Å². The number of hydrogen-bond acceptors (Lipinski definition) is 3. The molecule has 3 heteroatoms. The van der Waals surface area contributed by atoms with Crippen molar-refractivity contribution < 1.29 is 0 Å².